The van der Waals surface area contributed by atoms with E-state index in [1.807, 2.05) is 30.0 Å². The summed E-state index contributed by atoms with van der Waals surface area (Å²) in [5.74, 6) is 2.35. The fraction of sp³-hybridized carbons (Fsp3) is 0.632. The number of halogens is 1. The van der Waals surface area contributed by atoms with E-state index in [1.165, 1.54) is 19.3 Å². The Labute approximate surface area is 160 Å². The van der Waals surface area contributed by atoms with Crippen LogP contribution in [-0.4, -0.2) is 54.5 Å². The fourth-order valence-electron chi connectivity index (χ4n) is 3.60. The van der Waals surface area contributed by atoms with Gasteiger partial charge in [0.2, 0.25) is 5.91 Å². The third-order valence-electron chi connectivity index (χ3n) is 5.15. The maximum atomic E-state index is 12.3. The van der Waals surface area contributed by atoms with Gasteiger partial charge in [0.05, 0.1) is 10.7 Å². The molecule has 2 fully saturated rings. The molecule has 1 N–H and O–H groups in total. The summed E-state index contributed by atoms with van der Waals surface area (Å²) >= 11 is 8.44. The molecule has 0 unspecified atom stereocenters. The summed E-state index contributed by atoms with van der Waals surface area (Å²) in [7, 11) is 0. The number of hydrogen-bond donors (Lipinski definition) is 1. The molecule has 6 heteroatoms. The van der Waals surface area contributed by atoms with Gasteiger partial charge in [0.1, 0.15) is 0 Å². The van der Waals surface area contributed by atoms with Crippen LogP contribution in [0.1, 0.15) is 32.6 Å². The lowest BCUT2D eigenvalue weighted by atomic mass is 10.0. The number of carbonyl (C=O) groups is 1. The van der Waals surface area contributed by atoms with E-state index < -0.39 is 0 Å². The zero-order chi connectivity index (χ0) is 17.6. The molecule has 25 heavy (non-hydrogen) atoms. The minimum Gasteiger partial charge on any atom is -0.369 e. The second-order valence-corrected chi connectivity index (χ2v) is 8.58. The van der Waals surface area contributed by atoms with Crippen molar-refractivity contribution in [3.05, 3.63) is 23.2 Å². The zero-order valence-corrected chi connectivity index (χ0v) is 16.5. The van der Waals surface area contributed by atoms with Crippen LogP contribution >= 0.6 is 23.4 Å². The number of carbonyl (C=O) groups excluding carboxylic acids is 1. The van der Waals surface area contributed by atoms with E-state index in [0.29, 0.717) is 17.5 Å². The van der Waals surface area contributed by atoms with Crippen LogP contribution in [0.2, 0.25) is 5.02 Å². The maximum Gasteiger partial charge on any atom is 0.225 e. The standard InChI is InChI=1S/C19H28ClN3OS/c1-15-4-2-3-8-22(15)9-7-19(24)21-16-5-6-18(17(20)14-16)23-10-12-25-13-11-23/h5-6,14-15H,2-4,7-13H2,1H3,(H,21,24)/t15-/m1/s1. The molecule has 2 aliphatic heterocycles. The summed E-state index contributed by atoms with van der Waals surface area (Å²) in [4.78, 5) is 17.0. The van der Waals surface area contributed by atoms with Crippen molar-refractivity contribution in [2.75, 3.05) is 47.9 Å². The number of likely N-dealkylation sites (tertiary alicyclic amines) is 1. The van der Waals surface area contributed by atoms with Gasteiger partial charge in [0, 0.05) is 49.3 Å². The molecular formula is C19H28ClN3OS. The number of amides is 1. The van der Waals surface area contributed by atoms with Crippen LogP contribution in [-0.2, 0) is 4.79 Å². The SMILES string of the molecule is C[C@@H]1CCCCN1CCC(=O)Nc1ccc(N2CCSCC2)c(Cl)c1. The normalized spacial score (nSPS) is 22.0. The minimum absolute atomic E-state index is 0.0657. The van der Waals surface area contributed by atoms with Crippen molar-refractivity contribution in [1.82, 2.24) is 4.90 Å². The number of piperidine rings is 1. The molecule has 4 nitrogen and oxygen atoms in total. The third-order valence-corrected chi connectivity index (χ3v) is 6.40. The maximum absolute atomic E-state index is 12.3. The van der Waals surface area contributed by atoms with Gasteiger partial charge in [-0.25, -0.2) is 0 Å². The Bertz CT molecular complexity index is 592. The lowest BCUT2D eigenvalue weighted by Crippen LogP contribution is -2.39. The van der Waals surface area contributed by atoms with Crippen LogP contribution in [0.3, 0.4) is 0 Å². The Morgan fingerprint density at radius 3 is 2.80 bits per heavy atom. The highest BCUT2D eigenvalue weighted by molar-refractivity contribution is 7.99. The smallest absolute Gasteiger partial charge is 0.225 e. The first-order valence-corrected chi connectivity index (χ1v) is 10.8. The molecular weight excluding hydrogens is 354 g/mol. The topological polar surface area (TPSA) is 35.6 Å². The van der Waals surface area contributed by atoms with Gasteiger partial charge in [-0.2, -0.15) is 11.8 Å². The van der Waals surface area contributed by atoms with Gasteiger partial charge in [-0.05, 0) is 44.5 Å². The number of nitrogens with one attached hydrogen (secondary N) is 1. The first-order chi connectivity index (χ1) is 12.1. The van der Waals surface area contributed by atoms with Crippen molar-refractivity contribution in [2.45, 2.75) is 38.6 Å². The van der Waals surface area contributed by atoms with Crippen LogP contribution in [0.15, 0.2) is 18.2 Å². The van der Waals surface area contributed by atoms with Crippen molar-refractivity contribution >= 4 is 40.6 Å². The Morgan fingerprint density at radius 2 is 2.08 bits per heavy atom. The minimum atomic E-state index is 0.0657. The third kappa shape index (κ3) is 5.28. The molecule has 3 rings (SSSR count). The quantitative estimate of drug-likeness (QED) is 0.833. The second-order valence-electron chi connectivity index (χ2n) is 6.94. The predicted molar refractivity (Wildman–Crippen MR) is 109 cm³/mol. The average molecular weight is 382 g/mol. The molecule has 0 spiro atoms. The molecule has 138 valence electrons. The van der Waals surface area contributed by atoms with Crippen molar-refractivity contribution < 1.29 is 4.79 Å². The van der Waals surface area contributed by atoms with Crippen LogP contribution in [0.4, 0.5) is 11.4 Å². The number of nitrogens with zero attached hydrogens (tertiary/aromatic N) is 2. The number of hydrogen-bond acceptors (Lipinski definition) is 4. The van der Waals surface area contributed by atoms with Gasteiger partial charge in [-0.1, -0.05) is 18.0 Å². The summed E-state index contributed by atoms with van der Waals surface area (Å²) in [6.07, 6.45) is 4.34. The largest absolute Gasteiger partial charge is 0.369 e. The molecule has 0 bridgehead atoms. The van der Waals surface area contributed by atoms with Gasteiger partial charge in [-0.15, -0.1) is 0 Å². The van der Waals surface area contributed by atoms with Gasteiger partial charge < -0.3 is 15.1 Å². The molecule has 0 radical (unpaired) electrons. The van der Waals surface area contributed by atoms with E-state index >= 15 is 0 Å². The van der Waals surface area contributed by atoms with E-state index in [0.717, 1.165) is 49.1 Å². The summed E-state index contributed by atoms with van der Waals surface area (Å²) < 4.78 is 0. The molecule has 2 heterocycles. The lowest BCUT2D eigenvalue weighted by Gasteiger charge is -2.33. The van der Waals surface area contributed by atoms with E-state index in [-0.39, 0.29) is 5.91 Å². The summed E-state index contributed by atoms with van der Waals surface area (Å²) in [6, 6.07) is 6.46. The monoisotopic (exact) mass is 381 g/mol. The summed E-state index contributed by atoms with van der Waals surface area (Å²) in [5, 5.41) is 3.71. The Morgan fingerprint density at radius 1 is 1.28 bits per heavy atom. The first-order valence-electron chi connectivity index (χ1n) is 9.29. The highest BCUT2D eigenvalue weighted by Gasteiger charge is 2.19. The molecule has 1 aromatic carbocycles. The van der Waals surface area contributed by atoms with E-state index in [2.05, 4.69) is 22.0 Å². The van der Waals surface area contributed by atoms with Gasteiger partial charge in [0.15, 0.2) is 0 Å². The van der Waals surface area contributed by atoms with Crippen molar-refractivity contribution in [3.63, 3.8) is 0 Å². The lowest BCUT2D eigenvalue weighted by molar-refractivity contribution is -0.116. The number of thioether (sulfide) groups is 1. The molecule has 1 atom stereocenters. The number of anilines is 2. The van der Waals surface area contributed by atoms with Gasteiger partial charge in [0.25, 0.3) is 0 Å². The molecule has 0 saturated carbocycles. The molecule has 2 aliphatic rings. The van der Waals surface area contributed by atoms with Crippen molar-refractivity contribution in [3.8, 4) is 0 Å². The summed E-state index contributed by atoms with van der Waals surface area (Å²) in [6.45, 7) is 6.27. The zero-order valence-electron chi connectivity index (χ0n) is 15.0. The Balaban J connectivity index is 1.51. The van der Waals surface area contributed by atoms with E-state index in [9.17, 15) is 4.79 Å². The van der Waals surface area contributed by atoms with Crippen molar-refractivity contribution in [1.29, 1.82) is 0 Å². The Kier molecular flexibility index (Phi) is 6.91. The van der Waals surface area contributed by atoms with Crippen molar-refractivity contribution in [2.24, 2.45) is 0 Å². The fourth-order valence-corrected chi connectivity index (χ4v) is 4.81. The summed E-state index contributed by atoms with van der Waals surface area (Å²) in [5.41, 5.74) is 1.86. The van der Waals surface area contributed by atoms with Gasteiger partial charge in [-0.3, -0.25) is 4.79 Å². The molecule has 0 aromatic heterocycles. The van der Waals surface area contributed by atoms with E-state index in [1.54, 1.807) is 0 Å². The molecule has 1 amide bonds. The highest BCUT2D eigenvalue weighted by atomic mass is 35.5. The molecule has 0 aliphatic carbocycles. The van der Waals surface area contributed by atoms with E-state index in [4.69, 9.17) is 11.6 Å². The number of benzene rings is 1. The highest BCUT2D eigenvalue weighted by Crippen LogP contribution is 2.30. The van der Waals surface area contributed by atoms with Crippen LogP contribution in [0.25, 0.3) is 0 Å². The van der Waals surface area contributed by atoms with Gasteiger partial charge >= 0.3 is 0 Å². The van der Waals surface area contributed by atoms with Crippen LogP contribution in [0.5, 0.6) is 0 Å². The van der Waals surface area contributed by atoms with Crippen LogP contribution < -0.4 is 10.2 Å². The van der Waals surface area contributed by atoms with Crippen LogP contribution in [0, 0.1) is 0 Å². The second kappa shape index (κ2) is 9.15. The average Bonchev–Trinajstić information content (AvgIpc) is 2.62. The first kappa shape index (κ1) is 18.9. The molecule has 2 saturated heterocycles. The Hall–Kier alpha value is -0.910. The predicted octanol–water partition coefficient (Wildman–Crippen LogP) is 4.10. The number of rotatable bonds is 5. The molecule has 1 aromatic rings.